The van der Waals surface area contributed by atoms with E-state index in [2.05, 4.69) is 5.32 Å². The summed E-state index contributed by atoms with van der Waals surface area (Å²) in [5, 5.41) is 3.09. The summed E-state index contributed by atoms with van der Waals surface area (Å²) in [6.07, 6.45) is 0.131. The van der Waals surface area contributed by atoms with Gasteiger partial charge in [-0.15, -0.1) is 11.8 Å². The number of hydrogen-bond acceptors (Lipinski definition) is 4. The molecule has 7 heteroatoms. The molecule has 2 heterocycles. The Morgan fingerprint density at radius 2 is 1.90 bits per heavy atom. The standard InChI is InChI=1S/C22H19ClN2O3S/c1-25(13-16-10-11-18(28-16)14-6-8-15(23)9-7-14)21(26)12-20-22(27)24-17-4-2-3-5-19(17)29-20/h2-11,20H,12-13H2,1H3,(H,24,27). The van der Waals surface area contributed by atoms with Gasteiger partial charge in [-0.2, -0.15) is 0 Å². The number of nitrogens with zero attached hydrogens (tertiary/aromatic N) is 1. The second-order valence-corrected chi connectivity index (χ2v) is 8.50. The Morgan fingerprint density at radius 1 is 1.14 bits per heavy atom. The van der Waals surface area contributed by atoms with Gasteiger partial charge in [0, 0.05) is 29.0 Å². The minimum Gasteiger partial charge on any atom is -0.459 e. The first-order chi connectivity index (χ1) is 14.0. The molecule has 0 radical (unpaired) electrons. The van der Waals surface area contributed by atoms with Crippen molar-refractivity contribution in [3.8, 4) is 11.3 Å². The fraction of sp³-hybridized carbons (Fsp3) is 0.182. The van der Waals surface area contributed by atoms with Crippen molar-refractivity contribution in [1.82, 2.24) is 4.90 Å². The normalized spacial score (nSPS) is 15.5. The molecule has 1 aliphatic rings. The lowest BCUT2D eigenvalue weighted by atomic mass is 10.2. The number of anilines is 1. The summed E-state index contributed by atoms with van der Waals surface area (Å²) in [7, 11) is 1.71. The second kappa shape index (κ2) is 8.35. The number of furan rings is 1. The zero-order valence-electron chi connectivity index (χ0n) is 15.7. The van der Waals surface area contributed by atoms with Crippen molar-refractivity contribution in [3.63, 3.8) is 0 Å². The number of carbonyl (C=O) groups is 2. The SMILES string of the molecule is CN(Cc1ccc(-c2ccc(Cl)cc2)o1)C(=O)CC1Sc2ccccc2NC1=O. The molecule has 3 aromatic rings. The topological polar surface area (TPSA) is 62.6 Å². The van der Waals surface area contributed by atoms with Gasteiger partial charge in [-0.25, -0.2) is 0 Å². The Balaban J connectivity index is 1.38. The number of para-hydroxylation sites is 1. The fourth-order valence-corrected chi connectivity index (χ4v) is 4.32. The van der Waals surface area contributed by atoms with Crippen molar-refractivity contribution in [2.75, 3.05) is 12.4 Å². The van der Waals surface area contributed by atoms with E-state index < -0.39 is 5.25 Å². The number of halogens is 1. The van der Waals surface area contributed by atoms with Gasteiger partial charge >= 0.3 is 0 Å². The van der Waals surface area contributed by atoms with Crippen LogP contribution >= 0.6 is 23.4 Å². The van der Waals surface area contributed by atoms with Crippen molar-refractivity contribution < 1.29 is 14.0 Å². The molecule has 1 N–H and O–H groups in total. The molecule has 29 heavy (non-hydrogen) atoms. The fourth-order valence-electron chi connectivity index (χ4n) is 3.10. The highest BCUT2D eigenvalue weighted by Gasteiger charge is 2.29. The highest BCUT2D eigenvalue weighted by molar-refractivity contribution is 8.01. The number of rotatable bonds is 5. The molecule has 148 valence electrons. The number of fused-ring (bicyclic) bond motifs is 1. The largest absolute Gasteiger partial charge is 0.459 e. The molecule has 0 spiro atoms. The van der Waals surface area contributed by atoms with Gasteiger partial charge in [0.05, 0.1) is 17.5 Å². The summed E-state index contributed by atoms with van der Waals surface area (Å²) < 4.78 is 5.87. The molecule has 2 aromatic carbocycles. The highest BCUT2D eigenvalue weighted by Crippen LogP contribution is 2.36. The van der Waals surface area contributed by atoms with Crippen LogP contribution in [0.1, 0.15) is 12.2 Å². The molecule has 0 saturated carbocycles. The maximum Gasteiger partial charge on any atom is 0.238 e. The van der Waals surface area contributed by atoms with Crippen molar-refractivity contribution in [1.29, 1.82) is 0 Å². The van der Waals surface area contributed by atoms with Gasteiger partial charge in [0.15, 0.2) is 0 Å². The van der Waals surface area contributed by atoms with Gasteiger partial charge in [-0.1, -0.05) is 23.7 Å². The highest BCUT2D eigenvalue weighted by atomic mass is 35.5. The van der Waals surface area contributed by atoms with E-state index in [-0.39, 0.29) is 18.2 Å². The van der Waals surface area contributed by atoms with E-state index in [0.717, 1.165) is 21.9 Å². The summed E-state index contributed by atoms with van der Waals surface area (Å²) in [4.78, 5) is 27.6. The Morgan fingerprint density at radius 3 is 2.69 bits per heavy atom. The molecule has 0 fully saturated rings. The van der Waals surface area contributed by atoms with Gasteiger partial charge in [0.2, 0.25) is 11.8 Å². The van der Waals surface area contributed by atoms with E-state index in [1.54, 1.807) is 24.1 Å². The lowest BCUT2D eigenvalue weighted by Crippen LogP contribution is -2.35. The first-order valence-corrected chi connectivity index (χ1v) is 10.4. The van der Waals surface area contributed by atoms with Crippen LogP contribution in [0.5, 0.6) is 0 Å². The predicted octanol–water partition coefficient (Wildman–Crippen LogP) is 5.06. The molecule has 0 bridgehead atoms. The van der Waals surface area contributed by atoms with Gasteiger partial charge in [-0.05, 0) is 48.5 Å². The van der Waals surface area contributed by atoms with Gasteiger partial charge in [0.1, 0.15) is 11.5 Å². The van der Waals surface area contributed by atoms with E-state index in [0.29, 0.717) is 17.3 Å². The Kier molecular flexibility index (Phi) is 5.65. The summed E-state index contributed by atoms with van der Waals surface area (Å²) in [6.45, 7) is 0.335. The number of hydrogen-bond donors (Lipinski definition) is 1. The molecule has 1 aromatic heterocycles. The smallest absolute Gasteiger partial charge is 0.238 e. The van der Waals surface area contributed by atoms with E-state index in [4.69, 9.17) is 16.0 Å². The number of amides is 2. The summed E-state index contributed by atoms with van der Waals surface area (Å²) in [5.74, 6) is 1.15. The number of thioether (sulfide) groups is 1. The van der Waals surface area contributed by atoms with Gasteiger partial charge < -0.3 is 14.6 Å². The van der Waals surface area contributed by atoms with Crippen LogP contribution in [0, 0.1) is 0 Å². The molecule has 1 unspecified atom stereocenters. The average molecular weight is 427 g/mol. The second-order valence-electron chi connectivity index (χ2n) is 6.82. The van der Waals surface area contributed by atoms with Crippen LogP contribution in [0.2, 0.25) is 5.02 Å². The van der Waals surface area contributed by atoms with Crippen LogP contribution in [0.4, 0.5) is 5.69 Å². The van der Waals surface area contributed by atoms with Crippen molar-refractivity contribution in [3.05, 3.63) is 71.4 Å². The monoisotopic (exact) mass is 426 g/mol. The number of carbonyl (C=O) groups excluding carboxylic acids is 2. The average Bonchev–Trinajstić information content (AvgIpc) is 3.17. The van der Waals surface area contributed by atoms with E-state index in [1.807, 2.05) is 48.5 Å². The zero-order valence-corrected chi connectivity index (χ0v) is 17.3. The minimum atomic E-state index is -0.443. The molecule has 0 saturated heterocycles. The lowest BCUT2D eigenvalue weighted by molar-refractivity contribution is -0.132. The van der Waals surface area contributed by atoms with Crippen LogP contribution in [0.25, 0.3) is 11.3 Å². The maximum atomic E-state index is 12.7. The van der Waals surface area contributed by atoms with Crippen molar-refractivity contribution in [2.24, 2.45) is 0 Å². The molecule has 5 nitrogen and oxygen atoms in total. The summed E-state index contributed by atoms with van der Waals surface area (Å²) in [6, 6.07) is 18.7. The first-order valence-electron chi connectivity index (χ1n) is 9.15. The van der Waals surface area contributed by atoms with Crippen LogP contribution in [-0.2, 0) is 16.1 Å². The summed E-state index contributed by atoms with van der Waals surface area (Å²) >= 11 is 7.35. The maximum absolute atomic E-state index is 12.7. The van der Waals surface area contributed by atoms with Crippen LogP contribution in [-0.4, -0.2) is 29.0 Å². The molecule has 1 aliphatic heterocycles. The minimum absolute atomic E-state index is 0.110. The van der Waals surface area contributed by atoms with Gasteiger partial charge in [0.25, 0.3) is 0 Å². The zero-order chi connectivity index (χ0) is 20.4. The molecule has 4 rings (SSSR count). The van der Waals surface area contributed by atoms with E-state index in [9.17, 15) is 9.59 Å². The molecule has 2 amide bonds. The predicted molar refractivity (Wildman–Crippen MR) is 115 cm³/mol. The van der Waals surface area contributed by atoms with Crippen LogP contribution in [0.3, 0.4) is 0 Å². The molecular formula is C22H19ClN2O3S. The number of benzene rings is 2. The van der Waals surface area contributed by atoms with E-state index >= 15 is 0 Å². The van der Waals surface area contributed by atoms with Crippen LogP contribution in [0.15, 0.2) is 70.0 Å². The number of nitrogens with one attached hydrogen (secondary N) is 1. The Bertz CT molecular complexity index is 1050. The van der Waals surface area contributed by atoms with Crippen molar-refractivity contribution >= 4 is 40.9 Å². The Labute approximate surface area is 178 Å². The first kappa shape index (κ1) is 19.6. The quantitative estimate of drug-likeness (QED) is 0.619. The van der Waals surface area contributed by atoms with Crippen molar-refractivity contribution in [2.45, 2.75) is 23.1 Å². The lowest BCUT2D eigenvalue weighted by Gasteiger charge is -2.25. The van der Waals surface area contributed by atoms with Crippen LogP contribution < -0.4 is 5.32 Å². The third-order valence-corrected chi connectivity index (χ3v) is 6.20. The summed E-state index contributed by atoms with van der Waals surface area (Å²) in [5.41, 5.74) is 1.72. The third-order valence-electron chi connectivity index (χ3n) is 4.68. The Hall–Kier alpha value is -2.70. The third kappa shape index (κ3) is 4.49. The molecular weight excluding hydrogens is 408 g/mol. The molecule has 1 atom stereocenters. The van der Waals surface area contributed by atoms with E-state index in [1.165, 1.54) is 11.8 Å². The molecule has 0 aliphatic carbocycles. The van der Waals surface area contributed by atoms with Gasteiger partial charge in [-0.3, -0.25) is 9.59 Å².